The Morgan fingerprint density at radius 2 is 1.33 bits per heavy atom. The number of hydrogen-bond acceptors (Lipinski definition) is 9. The molecule has 0 aromatic heterocycles. The summed E-state index contributed by atoms with van der Waals surface area (Å²) in [4.78, 5) is 37.8. The molecule has 10 heteroatoms. The summed E-state index contributed by atoms with van der Waals surface area (Å²) in [6.07, 6.45) is 1.42. The Balaban J connectivity index is 2.57. The Kier molecular flexibility index (Phi) is 11.6. The molecule has 0 N–H and O–H groups in total. The molecule has 2 aromatic rings. The fraction of sp³-hybridized carbons (Fsp3) is 0.414. The molecule has 212 valence electrons. The third-order valence-electron chi connectivity index (χ3n) is 6.20. The van der Waals surface area contributed by atoms with Crippen LogP contribution >= 0.6 is 0 Å². The zero-order chi connectivity index (χ0) is 29.1. The van der Waals surface area contributed by atoms with Crippen molar-refractivity contribution in [1.29, 1.82) is 0 Å². The van der Waals surface area contributed by atoms with Crippen LogP contribution in [-0.2, 0) is 42.5 Å². The molecule has 0 unspecified atom stereocenters. The zero-order valence-corrected chi connectivity index (χ0v) is 24.6. The average Bonchev–Trinajstić information content (AvgIpc) is 2.92. The number of benzene rings is 2. The topological polar surface area (TPSA) is 107 Å². The molecule has 0 radical (unpaired) electrons. The van der Waals surface area contributed by atoms with E-state index in [1.54, 1.807) is 6.08 Å². The first-order chi connectivity index (χ1) is 18.5. The van der Waals surface area contributed by atoms with E-state index in [-0.39, 0.29) is 11.6 Å². The summed E-state index contributed by atoms with van der Waals surface area (Å²) >= 11 is 0. The van der Waals surface area contributed by atoms with Gasteiger partial charge >= 0.3 is 23.5 Å². The van der Waals surface area contributed by atoms with Gasteiger partial charge in [-0.2, -0.15) is 0 Å². The first-order valence-electron chi connectivity index (χ1n) is 12.4. The average molecular weight is 559 g/mol. The van der Waals surface area contributed by atoms with Crippen LogP contribution in [0.1, 0.15) is 27.7 Å². The van der Waals surface area contributed by atoms with E-state index in [1.807, 2.05) is 36.4 Å². The first kappa shape index (κ1) is 31.9. The number of carbonyl (C=O) groups excluding carboxylic acids is 3. The molecule has 2 aromatic carbocycles. The molecule has 0 spiro atoms. The van der Waals surface area contributed by atoms with Gasteiger partial charge in [0, 0.05) is 14.0 Å². The second-order valence-corrected chi connectivity index (χ2v) is 14.0. The highest BCUT2D eigenvalue weighted by atomic mass is 28.4. The second-order valence-electron chi connectivity index (χ2n) is 9.70. The summed E-state index contributed by atoms with van der Waals surface area (Å²) in [7, 11) is 0.602. The fourth-order valence-electron chi connectivity index (χ4n) is 4.52. The van der Waals surface area contributed by atoms with E-state index in [4.69, 9.17) is 28.1 Å². The first-order valence-corrected chi connectivity index (χ1v) is 14.3. The van der Waals surface area contributed by atoms with Gasteiger partial charge in [-0.3, -0.25) is 4.79 Å². The van der Waals surface area contributed by atoms with E-state index >= 15 is 0 Å². The lowest BCUT2D eigenvalue weighted by Crippen LogP contribution is -2.66. The van der Waals surface area contributed by atoms with Crippen LogP contribution in [0.4, 0.5) is 0 Å². The minimum Gasteiger partial charge on any atom is -0.466 e. The van der Waals surface area contributed by atoms with Gasteiger partial charge in [-0.1, -0.05) is 87.5 Å². The van der Waals surface area contributed by atoms with Crippen molar-refractivity contribution < 1.29 is 42.5 Å². The standard InChI is InChI=1S/C29H38O9Si/c1-22(30)38-25(29(26(31)34-6,27(32)35-7)36-21-33-5)19-14-20-37-39(28(2,3)4,23-15-10-8-11-16-23)24-17-12-9-13-18-24/h8-19,25H,20-21H2,1-7H3/b19-14+/t25-/m1/s1. The summed E-state index contributed by atoms with van der Waals surface area (Å²) < 4.78 is 32.3. The van der Waals surface area contributed by atoms with Gasteiger partial charge in [0.2, 0.25) is 0 Å². The van der Waals surface area contributed by atoms with Crippen LogP contribution in [0.25, 0.3) is 0 Å². The SMILES string of the molecule is COCOC(C(=O)OC)(C(=O)OC)[C@@H](/C=C/CO[Si](c1ccccc1)(c1ccccc1)C(C)(C)C)OC(C)=O. The van der Waals surface area contributed by atoms with Gasteiger partial charge in [0.1, 0.15) is 6.79 Å². The fourth-order valence-corrected chi connectivity index (χ4v) is 9.02. The molecular weight excluding hydrogens is 520 g/mol. The van der Waals surface area contributed by atoms with Crippen molar-refractivity contribution in [3.05, 3.63) is 72.8 Å². The highest BCUT2D eigenvalue weighted by molar-refractivity contribution is 6.99. The number of methoxy groups -OCH3 is 3. The third-order valence-corrected chi connectivity index (χ3v) is 11.2. The lowest BCUT2D eigenvalue weighted by molar-refractivity contribution is -0.217. The van der Waals surface area contributed by atoms with E-state index in [0.29, 0.717) is 0 Å². The molecule has 0 aliphatic rings. The Morgan fingerprint density at radius 1 is 0.846 bits per heavy atom. The smallest absolute Gasteiger partial charge is 0.354 e. The molecule has 2 rings (SSSR count). The maximum absolute atomic E-state index is 12.9. The molecule has 0 aliphatic heterocycles. The Hall–Kier alpha value is -3.31. The lowest BCUT2D eigenvalue weighted by Gasteiger charge is -2.42. The molecule has 1 atom stereocenters. The number of rotatable bonds is 13. The molecule has 9 nitrogen and oxygen atoms in total. The zero-order valence-electron chi connectivity index (χ0n) is 23.6. The van der Waals surface area contributed by atoms with Crippen molar-refractivity contribution in [2.24, 2.45) is 0 Å². The van der Waals surface area contributed by atoms with Gasteiger partial charge in [-0.25, -0.2) is 9.59 Å². The summed E-state index contributed by atoms with van der Waals surface area (Å²) in [6.45, 7) is 7.17. The predicted octanol–water partition coefficient (Wildman–Crippen LogP) is 2.76. The molecule has 0 saturated heterocycles. The van der Waals surface area contributed by atoms with E-state index in [2.05, 4.69) is 45.0 Å². The maximum atomic E-state index is 12.9. The highest BCUT2D eigenvalue weighted by Crippen LogP contribution is 2.36. The van der Waals surface area contributed by atoms with Gasteiger partial charge in [0.15, 0.2) is 6.10 Å². The van der Waals surface area contributed by atoms with Gasteiger partial charge < -0.3 is 28.1 Å². The van der Waals surface area contributed by atoms with Crippen LogP contribution in [-0.4, -0.2) is 72.7 Å². The van der Waals surface area contributed by atoms with Gasteiger partial charge in [0.05, 0.1) is 20.8 Å². The largest absolute Gasteiger partial charge is 0.466 e. The number of hydrogen-bond donors (Lipinski definition) is 0. The Bertz CT molecular complexity index is 1060. The Morgan fingerprint density at radius 3 is 1.72 bits per heavy atom. The van der Waals surface area contributed by atoms with Gasteiger partial charge in [0.25, 0.3) is 8.32 Å². The summed E-state index contributed by atoms with van der Waals surface area (Å²) in [6, 6.07) is 20.1. The molecule has 0 fully saturated rings. The van der Waals surface area contributed by atoms with Crippen LogP contribution in [0.15, 0.2) is 72.8 Å². The van der Waals surface area contributed by atoms with Gasteiger partial charge in [-0.05, 0) is 21.5 Å². The van der Waals surface area contributed by atoms with Crippen molar-refractivity contribution in [3.8, 4) is 0 Å². The normalized spacial score (nSPS) is 13.1. The van der Waals surface area contributed by atoms with Crippen LogP contribution in [0, 0.1) is 0 Å². The maximum Gasteiger partial charge on any atom is 0.354 e. The van der Waals surface area contributed by atoms with Crippen molar-refractivity contribution in [2.75, 3.05) is 34.7 Å². The van der Waals surface area contributed by atoms with Crippen molar-refractivity contribution in [1.82, 2.24) is 0 Å². The van der Waals surface area contributed by atoms with Crippen molar-refractivity contribution in [3.63, 3.8) is 0 Å². The third kappa shape index (κ3) is 7.01. The molecule has 0 bridgehead atoms. The highest BCUT2D eigenvalue weighted by Gasteiger charge is 2.58. The van der Waals surface area contributed by atoms with E-state index in [9.17, 15) is 14.4 Å². The van der Waals surface area contributed by atoms with Crippen LogP contribution < -0.4 is 10.4 Å². The molecule has 0 amide bonds. The second kappa shape index (κ2) is 14.2. The summed E-state index contributed by atoms with van der Waals surface area (Å²) in [5, 5.41) is 1.88. The van der Waals surface area contributed by atoms with Crippen molar-refractivity contribution in [2.45, 2.75) is 44.4 Å². The number of ether oxygens (including phenoxy) is 5. The van der Waals surface area contributed by atoms with E-state index in [1.165, 1.54) is 13.2 Å². The van der Waals surface area contributed by atoms with Crippen LogP contribution in [0.3, 0.4) is 0 Å². The van der Waals surface area contributed by atoms with Crippen molar-refractivity contribution >= 4 is 36.6 Å². The minimum atomic E-state index is -2.87. The van der Waals surface area contributed by atoms with Crippen LogP contribution in [0.2, 0.25) is 5.04 Å². The molecule has 0 saturated carbocycles. The summed E-state index contributed by atoms with van der Waals surface area (Å²) in [5.74, 6) is -2.99. The number of carbonyl (C=O) groups is 3. The molecule has 39 heavy (non-hydrogen) atoms. The van der Waals surface area contributed by atoms with E-state index < -0.39 is 44.7 Å². The summed E-state index contributed by atoms with van der Waals surface area (Å²) in [5.41, 5.74) is -2.46. The Labute approximate surface area is 231 Å². The van der Waals surface area contributed by atoms with E-state index in [0.717, 1.165) is 31.5 Å². The quantitative estimate of drug-likeness (QED) is 0.0916. The van der Waals surface area contributed by atoms with Gasteiger partial charge in [-0.15, -0.1) is 0 Å². The molecular formula is C29H38O9Si. The molecule has 0 heterocycles. The number of esters is 3. The predicted molar refractivity (Wildman–Crippen MR) is 148 cm³/mol. The monoisotopic (exact) mass is 558 g/mol. The minimum absolute atomic E-state index is 0.0771. The lowest BCUT2D eigenvalue weighted by atomic mass is 9.95. The molecule has 0 aliphatic carbocycles. The van der Waals surface area contributed by atoms with Crippen LogP contribution in [0.5, 0.6) is 0 Å².